The van der Waals surface area contributed by atoms with Crippen molar-refractivity contribution in [2.24, 2.45) is 0 Å². The van der Waals surface area contributed by atoms with Crippen LogP contribution in [0.4, 0.5) is 0 Å². The van der Waals surface area contributed by atoms with E-state index in [1.165, 1.54) is 17.3 Å². The van der Waals surface area contributed by atoms with Crippen LogP contribution in [0.1, 0.15) is 5.56 Å². The summed E-state index contributed by atoms with van der Waals surface area (Å²) in [6, 6.07) is 17.5. The standard InChI is InChI=1S/C25H26N4O4S/c30-23(18-34-25-26-10-11-29(25)16-19-6-2-1-3-7-19)27-12-14-28(15-13-27)24(31)22-17-32-20-8-4-5-9-21(20)33-22/h1-11,22H,12-18H2/t22-/m1/s1. The number of benzene rings is 2. The first-order valence-electron chi connectivity index (χ1n) is 11.3. The van der Waals surface area contributed by atoms with E-state index in [4.69, 9.17) is 9.47 Å². The monoisotopic (exact) mass is 478 g/mol. The number of piperazine rings is 1. The van der Waals surface area contributed by atoms with Gasteiger partial charge in [0.15, 0.2) is 16.7 Å². The molecule has 34 heavy (non-hydrogen) atoms. The Kier molecular flexibility index (Phi) is 6.71. The van der Waals surface area contributed by atoms with E-state index in [1.54, 1.807) is 17.2 Å². The highest BCUT2D eigenvalue weighted by molar-refractivity contribution is 7.99. The van der Waals surface area contributed by atoms with Crippen LogP contribution in [0.5, 0.6) is 11.5 Å². The zero-order valence-electron chi connectivity index (χ0n) is 18.7. The van der Waals surface area contributed by atoms with Gasteiger partial charge in [-0.1, -0.05) is 54.2 Å². The van der Waals surface area contributed by atoms with E-state index in [1.807, 2.05) is 52.1 Å². The lowest BCUT2D eigenvalue weighted by Gasteiger charge is -2.37. The molecule has 1 fully saturated rings. The summed E-state index contributed by atoms with van der Waals surface area (Å²) in [5.74, 6) is 1.51. The zero-order chi connectivity index (χ0) is 23.3. The van der Waals surface area contributed by atoms with Crippen molar-refractivity contribution in [2.75, 3.05) is 38.5 Å². The van der Waals surface area contributed by atoms with Crippen LogP contribution in [-0.2, 0) is 16.1 Å². The van der Waals surface area contributed by atoms with Gasteiger partial charge < -0.3 is 23.8 Å². The maximum Gasteiger partial charge on any atom is 0.267 e. The number of carbonyl (C=O) groups excluding carboxylic acids is 2. The highest BCUT2D eigenvalue weighted by atomic mass is 32.2. The quantitative estimate of drug-likeness (QED) is 0.507. The van der Waals surface area contributed by atoms with Crippen molar-refractivity contribution >= 4 is 23.6 Å². The summed E-state index contributed by atoms with van der Waals surface area (Å²) in [6.07, 6.45) is 3.03. The summed E-state index contributed by atoms with van der Waals surface area (Å²) in [6.45, 7) is 2.90. The van der Waals surface area contributed by atoms with E-state index < -0.39 is 6.10 Å². The number of fused-ring (bicyclic) bond motifs is 1. The summed E-state index contributed by atoms with van der Waals surface area (Å²) < 4.78 is 13.6. The van der Waals surface area contributed by atoms with Crippen LogP contribution in [0.3, 0.4) is 0 Å². The molecule has 0 N–H and O–H groups in total. The average molecular weight is 479 g/mol. The second-order valence-electron chi connectivity index (χ2n) is 8.18. The van der Waals surface area contributed by atoms with Gasteiger partial charge in [-0.2, -0.15) is 0 Å². The van der Waals surface area contributed by atoms with E-state index in [-0.39, 0.29) is 18.4 Å². The Hall–Kier alpha value is -3.46. The zero-order valence-corrected chi connectivity index (χ0v) is 19.5. The number of thioether (sulfide) groups is 1. The van der Waals surface area contributed by atoms with E-state index in [0.29, 0.717) is 43.4 Å². The van der Waals surface area contributed by atoms with Crippen molar-refractivity contribution in [2.45, 2.75) is 17.8 Å². The summed E-state index contributed by atoms with van der Waals surface area (Å²) in [7, 11) is 0. The van der Waals surface area contributed by atoms with Gasteiger partial charge in [0.1, 0.15) is 6.61 Å². The molecule has 1 saturated heterocycles. The lowest BCUT2D eigenvalue weighted by atomic mass is 10.2. The second-order valence-corrected chi connectivity index (χ2v) is 9.12. The number of aromatic nitrogens is 2. The molecule has 1 aromatic heterocycles. The minimum absolute atomic E-state index is 0.0533. The predicted octanol–water partition coefficient (Wildman–Crippen LogP) is 2.53. The van der Waals surface area contributed by atoms with Gasteiger partial charge in [-0.05, 0) is 17.7 Å². The Morgan fingerprint density at radius 2 is 1.65 bits per heavy atom. The molecule has 1 atom stereocenters. The number of carbonyl (C=O) groups is 2. The van der Waals surface area contributed by atoms with E-state index in [9.17, 15) is 9.59 Å². The molecule has 5 rings (SSSR count). The minimum Gasteiger partial charge on any atom is -0.485 e. The first kappa shape index (κ1) is 22.3. The molecule has 2 aliphatic rings. The number of rotatable bonds is 6. The van der Waals surface area contributed by atoms with Crippen molar-refractivity contribution in [1.82, 2.24) is 19.4 Å². The van der Waals surface area contributed by atoms with E-state index in [2.05, 4.69) is 17.1 Å². The molecule has 0 saturated carbocycles. The average Bonchev–Trinajstić information content (AvgIpc) is 3.34. The third-order valence-electron chi connectivity index (χ3n) is 5.93. The largest absolute Gasteiger partial charge is 0.485 e. The molecule has 2 amide bonds. The molecule has 0 radical (unpaired) electrons. The molecule has 9 heteroatoms. The predicted molar refractivity (Wildman–Crippen MR) is 128 cm³/mol. The molecule has 8 nitrogen and oxygen atoms in total. The van der Waals surface area contributed by atoms with Crippen molar-refractivity contribution in [3.63, 3.8) is 0 Å². The van der Waals surface area contributed by atoms with Crippen molar-refractivity contribution in [3.8, 4) is 11.5 Å². The molecule has 3 heterocycles. The molecule has 0 unspecified atom stereocenters. The molecule has 0 spiro atoms. The molecular formula is C25H26N4O4S. The summed E-state index contributed by atoms with van der Waals surface area (Å²) in [5, 5.41) is 0.820. The Balaban J connectivity index is 1.10. The van der Waals surface area contributed by atoms with Crippen molar-refractivity contribution in [3.05, 3.63) is 72.6 Å². The summed E-state index contributed by atoms with van der Waals surface area (Å²) in [4.78, 5) is 33.7. The highest BCUT2D eigenvalue weighted by Gasteiger charge is 2.33. The van der Waals surface area contributed by atoms with Crippen LogP contribution < -0.4 is 9.47 Å². The number of hydrogen-bond donors (Lipinski definition) is 0. The molecule has 2 aromatic carbocycles. The Morgan fingerprint density at radius 3 is 2.44 bits per heavy atom. The number of ether oxygens (including phenoxy) is 2. The molecular weight excluding hydrogens is 452 g/mol. The third-order valence-corrected chi connectivity index (χ3v) is 6.92. The van der Waals surface area contributed by atoms with Gasteiger partial charge in [0.05, 0.1) is 5.75 Å². The molecule has 3 aromatic rings. The van der Waals surface area contributed by atoms with Crippen LogP contribution in [0.25, 0.3) is 0 Å². The lowest BCUT2D eigenvalue weighted by Crippen LogP contribution is -2.55. The van der Waals surface area contributed by atoms with Crippen molar-refractivity contribution < 1.29 is 19.1 Å². The van der Waals surface area contributed by atoms with Gasteiger partial charge in [0, 0.05) is 45.1 Å². The lowest BCUT2D eigenvalue weighted by molar-refractivity contribution is -0.145. The van der Waals surface area contributed by atoms with Gasteiger partial charge in [0.2, 0.25) is 12.0 Å². The van der Waals surface area contributed by atoms with Crippen LogP contribution in [-0.4, -0.2) is 75.8 Å². The SMILES string of the molecule is O=C(CSc1nccn1Cc1ccccc1)N1CCN(C(=O)[C@H]2COc3ccccc3O2)CC1. The molecule has 2 aliphatic heterocycles. The van der Waals surface area contributed by atoms with Crippen LogP contribution in [0.15, 0.2) is 72.1 Å². The third kappa shape index (κ3) is 5.04. The smallest absolute Gasteiger partial charge is 0.267 e. The van der Waals surface area contributed by atoms with Gasteiger partial charge >= 0.3 is 0 Å². The number of nitrogens with zero attached hydrogens (tertiary/aromatic N) is 4. The maximum absolute atomic E-state index is 12.9. The molecule has 0 aliphatic carbocycles. The topological polar surface area (TPSA) is 76.9 Å². The normalized spacial score (nSPS) is 17.5. The van der Waals surface area contributed by atoms with Crippen LogP contribution in [0.2, 0.25) is 0 Å². The van der Waals surface area contributed by atoms with E-state index >= 15 is 0 Å². The fraction of sp³-hybridized carbons (Fsp3) is 0.320. The Bertz CT molecular complexity index is 1140. The fourth-order valence-corrected chi connectivity index (χ4v) is 4.94. The number of para-hydroxylation sites is 2. The number of hydrogen-bond acceptors (Lipinski definition) is 6. The van der Waals surface area contributed by atoms with Gasteiger partial charge in [0.25, 0.3) is 5.91 Å². The van der Waals surface area contributed by atoms with Crippen LogP contribution in [0, 0.1) is 0 Å². The van der Waals surface area contributed by atoms with Crippen molar-refractivity contribution in [1.29, 1.82) is 0 Å². The summed E-state index contributed by atoms with van der Waals surface area (Å²) in [5.41, 5.74) is 1.19. The summed E-state index contributed by atoms with van der Waals surface area (Å²) >= 11 is 1.44. The van der Waals surface area contributed by atoms with Crippen LogP contribution >= 0.6 is 11.8 Å². The Morgan fingerprint density at radius 1 is 0.941 bits per heavy atom. The van der Waals surface area contributed by atoms with E-state index in [0.717, 1.165) is 11.7 Å². The Labute approximate surface area is 202 Å². The number of imidazole rings is 1. The first-order valence-corrected chi connectivity index (χ1v) is 12.3. The van der Waals surface area contributed by atoms with Gasteiger partial charge in [-0.3, -0.25) is 9.59 Å². The highest BCUT2D eigenvalue weighted by Crippen LogP contribution is 2.31. The van der Waals surface area contributed by atoms with Gasteiger partial charge in [-0.15, -0.1) is 0 Å². The first-order chi connectivity index (χ1) is 16.7. The van der Waals surface area contributed by atoms with Gasteiger partial charge in [-0.25, -0.2) is 4.98 Å². The minimum atomic E-state index is -0.656. The molecule has 0 bridgehead atoms. The second kappa shape index (κ2) is 10.2. The number of amides is 2. The maximum atomic E-state index is 12.9. The fourth-order valence-electron chi connectivity index (χ4n) is 4.07. The molecule has 176 valence electrons.